The van der Waals surface area contributed by atoms with E-state index in [4.69, 9.17) is 4.74 Å². The number of benzene rings is 1. The van der Waals surface area contributed by atoms with E-state index in [1.807, 2.05) is 6.07 Å². The molecule has 2 rings (SSSR count). The summed E-state index contributed by atoms with van der Waals surface area (Å²) < 4.78 is 5.68. The monoisotopic (exact) mass is 233 g/mol. The summed E-state index contributed by atoms with van der Waals surface area (Å²) >= 11 is 0. The van der Waals surface area contributed by atoms with Gasteiger partial charge in [0.1, 0.15) is 5.75 Å². The number of hydrogen-bond acceptors (Lipinski definition) is 2. The molecule has 2 heteroatoms. The van der Waals surface area contributed by atoms with Crippen molar-refractivity contribution in [2.45, 2.75) is 32.6 Å². The van der Waals surface area contributed by atoms with E-state index in [0.29, 0.717) is 5.92 Å². The molecular formula is C15H23NO. The Kier molecular flexibility index (Phi) is 4.43. The van der Waals surface area contributed by atoms with E-state index in [1.165, 1.54) is 18.4 Å². The molecule has 1 unspecified atom stereocenters. The predicted molar refractivity (Wildman–Crippen MR) is 71.6 cm³/mol. The minimum atomic E-state index is 0.528. The molecule has 0 radical (unpaired) electrons. The molecule has 1 N–H and O–H groups in total. The van der Waals surface area contributed by atoms with Gasteiger partial charge < -0.3 is 10.1 Å². The SMILES string of the molecule is CCC(CC)CNCC1COc2ccccc21. The zero-order valence-electron chi connectivity index (χ0n) is 10.9. The van der Waals surface area contributed by atoms with Gasteiger partial charge in [0.15, 0.2) is 0 Å². The van der Waals surface area contributed by atoms with Crippen LogP contribution in [0.1, 0.15) is 38.2 Å². The van der Waals surface area contributed by atoms with Gasteiger partial charge in [-0.1, -0.05) is 44.9 Å². The first-order valence-electron chi connectivity index (χ1n) is 6.77. The first-order chi connectivity index (χ1) is 8.35. The van der Waals surface area contributed by atoms with E-state index in [1.54, 1.807) is 0 Å². The lowest BCUT2D eigenvalue weighted by atomic mass is 10.00. The Morgan fingerprint density at radius 1 is 1.29 bits per heavy atom. The molecule has 1 atom stereocenters. The Bertz CT molecular complexity index is 347. The molecule has 0 saturated heterocycles. The molecule has 0 fully saturated rings. The zero-order valence-corrected chi connectivity index (χ0v) is 10.9. The first kappa shape index (κ1) is 12.4. The summed E-state index contributed by atoms with van der Waals surface area (Å²) in [6, 6.07) is 8.39. The minimum Gasteiger partial charge on any atom is -0.493 e. The minimum absolute atomic E-state index is 0.528. The molecule has 0 spiro atoms. The van der Waals surface area contributed by atoms with Crippen LogP contribution in [-0.4, -0.2) is 19.7 Å². The van der Waals surface area contributed by atoms with Crippen molar-refractivity contribution in [1.82, 2.24) is 5.32 Å². The van der Waals surface area contributed by atoms with Crippen LogP contribution in [0.4, 0.5) is 0 Å². The maximum atomic E-state index is 5.68. The van der Waals surface area contributed by atoms with Crippen molar-refractivity contribution < 1.29 is 4.74 Å². The maximum Gasteiger partial charge on any atom is 0.122 e. The van der Waals surface area contributed by atoms with Gasteiger partial charge in [0.25, 0.3) is 0 Å². The number of para-hydroxylation sites is 1. The Morgan fingerprint density at radius 2 is 2.06 bits per heavy atom. The second-order valence-electron chi connectivity index (χ2n) is 4.89. The highest BCUT2D eigenvalue weighted by molar-refractivity contribution is 5.39. The fourth-order valence-corrected chi connectivity index (χ4v) is 2.44. The summed E-state index contributed by atoms with van der Waals surface area (Å²) in [5.74, 6) is 2.41. The van der Waals surface area contributed by atoms with E-state index in [-0.39, 0.29) is 0 Å². The van der Waals surface area contributed by atoms with Gasteiger partial charge in [0, 0.05) is 18.0 Å². The lowest BCUT2D eigenvalue weighted by Crippen LogP contribution is -2.27. The molecule has 0 aromatic heterocycles. The van der Waals surface area contributed by atoms with Crippen LogP contribution >= 0.6 is 0 Å². The molecule has 2 nitrogen and oxygen atoms in total. The molecule has 1 aliphatic heterocycles. The Balaban J connectivity index is 1.82. The summed E-state index contributed by atoms with van der Waals surface area (Å²) in [6.07, 6.45) is 2.53. The molecular weight excluding hydrogens is 210 g/mol. The van der Waals surface area contributed by atoms with Crippen molar-refractivity contribution in [3.8, 4) is 5.75 Å². The maximum absolute atomic E-state index is 5.68. The third kappa shape index (κ3) is 3.01. The molecule has 1 aliphatic rings. The lowest BCUT2D eigenvalue weighted by Gasteiger charge is -2.15. The molecule has 17 heavy (non-hydrogen) atoms. The number of ether oxygens (including phenoxy) is 1. The third-order valence-corrected chi connectivity index (χ3v) is 3.78. The highest BCUT2D eigenvalue weighted by Crippen LogP contribution is 2.32. The number of rotatable bonds is 6. The summed E-state index contributed by atoms with van der Waals surface area (Å²) in [5, 5.41) is 3.59. The number of fused-ring (bicyclic) bond motifs is 1. The Labute approximate surface area is 104 Å². The van der Waals surface area contributed by atoms with Crippen LogP contribution < -0.4 is 10.1 Å². The van der Waals surface area contributed by atoms with Crippen molar-refractivity contribution in [3.63, 3.8) is 0 Å². The van der Waals surface area contributed by atoms with Crippen LogP contribution in [0, 0.1) is 5.92 Å². The summed E-state index contributed by atoms with van der Waals surface area (Å²) in [4.78, 5) is 0. The number of hydrogen-bond donors (Lipinski definition) is 1. The van der Waals surface area contributed by atoms with Crippen LogP contribution in [0.15, 0.2) is 24.3 Å². The Hall–Kier alpha value is -1.02. The second kappa shape index (κ2) is 6.06. The molecule has 1 heterocycles. The van der Waals surface area contributed by atoms with Gasteiger partial charge in [-0.3, -0.25) is 0 Å². The van der Waals surface area contributed by atoms with Crippen LogP contribution in [-0.2, 0) is 0 Å². The molecule has 1 aromatic carbocycles. The fourth-order valence-electron chi connectivity index (χ4n) is 2.44. The highest BCUT2D eigenvalue weighted by Gasteiger charge is 2.23. The van der Waals surface area contributed by atoms with Crippen LogP contribution in [0.25, 0.3) is 0 Å². The van der Waals surface area contributed by atoms with E-state index in [2.05, 4.69) is 37.4 Å². The lowest BCUT2D eigenvalue weighted by molar-refractivity contribution is 0.322. The summed E-state index contributed by atoms with van der Waals surface area (Å²) in [5.41, 5.74) is 1.37. The first-order valence-corrected chi connectivity index (χ1v) is 6.77. The van der Waals surface area contributed by atoms with Crippen molar-refractivity contribution in [1.29, 1.82) is 0 Å². The predicted octanol–water partition coefficient (Wildman–Crippen LogP) is 3.19. The van der Waals surface area contributed by atoms with Gasteiger partial charge in [-0.25, -0.2) is 0 Å². The average molecular weight is 233 g/mol. The highest BCUT2D eigenvalue weighted by atomic mass is 16.5. The molecule has 0 aliphatic carbocycles. The van der Waals surface area contributed by atoms with E-state index < -0.39 is 0 Å². The van der Waals surface area contributed by atoms with Gasteiger partial charge in [-0.2, -0.15) is 0 Å². The quantitative estimate of drug-likeness (QED) is 0.814. The van der Waals surface area contributed by atoms with Gasteiger partial charge in [0.2, 0.25) is 0 Å². The van der Waals surface area contributed by atoms with Crippen molar-refractivity contribution >= 4 is 0 Å². The van der Waals surface area contributed by atoms with Gasteiger partial charge in [-0.05, 0) is 18.5 Å². The molecule has 0 saturated carbocycles. The van der Waals surface area contributed by atoms with Crippen LogP contribution in [0.5, 0.6) is 5.75 Å². The van der Waals surface area contributed by atoms with Crippen LogP contribution in [0.3, 0.4) is 0 Å². The van der Waals surface area contributed by atoms with Crippen LogP contribution in [0.2, 0.25) is 0 Å². The number of nitrogens with one attached hydrogen (secondary N) is 1. The molecule has 0 bridgehead atoms. The second-order valence-corrected chi connectivity index (χ2v) is 4.89. The van der Waals surface area contributed by atoms with Gasteiger partial charge >= 0.3 is 0 Å². The molecule has 0 amide bonds. The van der Waals surface area contributed by atoms with E-state index >= 15 is 0 Å². The van der Waals surface area contributed by atoms with Gasteiger partial charge in [0.05, 0.1) is 6.61 Å². The standard InChI is InChI=1S/C15H23NO/c1-3-12(4-2)9-16-10-13-11-17-15-8-6-5-7-14(13)15/h5-8,12-13,16H,3-4,9-11H2,1-2H3. The summed E-state index contributed by atoms with van der Waals surface area (Å²) in [6.45, 7) is 7.53. The average Bonchev–Trinajstić information content (AvgIpc) is 2.78. The van der Waals surface area contributed by atoms with Crippen molar-refractivity contribution in [2.24, 2.45) is 5.92 Å². The molecule has 1 aromatic rings. The smallest absolute Gasteiger partial charge is 0.122 e. The van der Waals surface area contributed by atoms with Crippen molar-refractivity contribution in [2.75, 3.05) is 19.7 Å². The van der Waals surface area contributed by atoms with E-state index in [9.17, 15) is 0 Å². The summed E-state index contributed by atoms with van der Waals surface area (Å²) in [7, 11) is 0. The Morgan fingerprint density at radius 3 is 2.82 bits per heavy atom. The van der Waals surface area contributed by atoms with Gasteiger partial charge in [-0.15, -0.1) is 0 Å². The third-order valence-electron chi connectivity index (χ3n) is 3.78. The largest absolute Gasteiger partial charge is 0.493 e. The van der Waals surface area contributed by atoms with Crippen molar-refractivity contribution in [3.05, 3.63) is 29.8 Å². The topological polar surface area (TPSA) is 21.3 Å². The fraction of sp³-hybridized carbons (Fsp3) is 0.600. The van der Waals surface area contributed by atoms with E-state index in [0.717, 1.165) is 31.4 Å². The molecule has 94 valence electrons. The zero-order chi connectivity index (χ0) is 12.1. The normalized spacial score (nSPS) is 18.2.